The van der Waals surface area contributed by atoms with Crippen LogP contribution in [0.3, 0.4) is 0 Å². The average molecular weight is 535 g/mol. The van der Waals surface area contributed by atoms with E-state index in [1.807, 2.05) is 0 Å². The molecule has 1 saturated carbocycles. The largest absolute Gasteiger partial charge is 0.497 e. The summed E-state index contributed by atoms with van der Waals surface area (Å²) in [4.78, 5) is 35.5. The highest BCUT2D eigenvalue weighted by molar-refractivity contribution is 5.94. The van der Waals surface area contributed by atoms with Crippen molar-refractivity contribution in [2.75, 3.05) is 39.6 Å². The van der Waals surface area contributed by atoms with Crippen LogP contribution in [-0.4, -0.2) is 60.9 Å². The van der Waals surface area contributed by atoms with Crippen molar-refractivity contribution in [3.8, 4) is 5.75 Å². The first kappa shape index (κ1) is 29.1. The van der Waals surface area contributed by atoms with Crippen molar-refractivity contribution in [3.63, 3.8) is 0 Å². The van der Waals surface area contributed by atoms with Crippen LogP contribution in [0.5, 0.6) is 5.75 Å². The van der Waals surface area contributed by atoms with Gasteiger partial charge in [-0.25, -0.2) is 4.98 Å². The lowest BCUT2D eigenvalue weighted by atomic mass is 9.73. The number of methoxy groups -OCH3 is 1. The molecule has 0 bridgehead atoms. The lowest BCUT2D eigenvalue weighted by Crippen LogP contribution is -2.44. The molecule has 3 atom stereocenters. The highest BCUT2D eigenvalue weighted by Crippen LogP contribution is 2.41. The Hall–Kier alpha value is -2.93. The van der Waals surface area contributed by atoms with Gasteiger partial charge in [0, 0.05) is 30.3 Å². The standard InChI is InChI=1S/C32H46N4O3/c1-24-26(21-25-11-8-12-25)13-9-17-32(35(2)3,27-14-6-5-7-15-27)18-10-20-36(31(24)38)23-30(37)34-29-22-28(39-4)16-19-33-29/h5-7,14-16,19,22,24-26H,8-13,17-18,20-21,23H2,1-4H3,(H,33,34,37)/t24?,26?,32-/m1/s1. The van der Waals surface area contributed by atoms with Gasteiger partial charge in [-0.05, 0) is 69.7 Å². The minimum absolute atomic E-state index is 0.0263. The van der Waals surface area contributed by atoms with Gasteiger partial charge in [0.05, 0.1) is 13.7 Å². The maximum Gasteiger partial charge on any atom is 0.245 e. The summed E-state index contributed by atoms with van der Waals surface area (Å²) in [6.45, 7) is 2.67. The summed E-state index contributed by atoms with van der Waals surface area (Å²) in [5, 5.41) is 2.87. The highest BCUT2D eigenvalue weighted by atomic mass is 16.5. The second-order valence-corrected chi connectivity index (χ2v) is 11.8. The molecule has 0 radical (unpaired) electrons. The number of nitrogens with one attached hydrogen (secondary N) is 1. The van der Waals surface area contributed by atoms with E-state index in [9.17, 15) is 9.59 Å². The number of pyridine rings is 1. The number of rotatable bonds is 8. The zero-order valence-corrected chi connectivity index (χ0v) is 24.2. The molecule has 1 N–H and O–H groups in total. The second-order valence-electron chi connectivity index (χ2n) is 11.8. The molecule has 39 heavy (non-hydrogen) atoms. The molecular formula is C32H46N4O3. The van der Waals surface area contributed by atoms with Gasteiger partial charge in [0.15, 0.2) is 0 Å². The number of hydrogen-bond acceptors (Lipinski definition) is 5. The van der Waals surface area contributed by atoms with Gasteiger partial charge in [0.25, 0.3) is 0 Å². The molecule has 7 nitrogen and oxygen atoms in total. The van der Waals surface area contributed by atoms with Gasteiger partial charge in [-0.15, -0.1) is 0 Å². The molecule has 7 heteroatoms. The van der Waals surface area contributed by atoms with Crippen molar-refractivity contribution in [2.24, 2.45) is 17.8 Å². The number of hydrogen-bond donors (Lipinski definition) is 1. The first-order valence-corrected chi connectivity index (χ1v) is 14.6. The Morgan fingerprint density at radius 1 is 1.10 bits per heavy atom. The Morgan fingerprint density at radius 2 is 1.85 bits per heavy atom. The zero-order chi connectivity index (χ0) is 27.8. The van der Waals surface area contributed by atoms with E-state index in [1.54, 1.807) is 30.3 Å². The molecule has 4 rings (SSSR count). The summed E-state index contributed by atoms with van der Waals surface area (Å²) < 4.78 is 5.26. The molecule has 1 aromatic heterocycles. The molecule has 1 saturated heterocycles. The molecule has 2 aromatic rings. The van der Waals surface area contributed by atoms with Gasteiger partial charge < -0.3 is 15.0 Å². The third kappa shape index (κ3) is 7.18. The lowest BCUT2D eigenvalue weighted by molar-refractivity contribution is -0.140. The molecule has 0 spiro atoms. The third-order valence-electron chi connectivity index (χ3n) is 9.19. The van der Waals surface area contributed by atoms with E-state index in [0.717, 1.165) is 44.4 Å². The van der Waals surface area contributed by atoms with Gasteiger partial charge in [-0.3, -0.25) is 14.5 Å². The van der Waals surface area contributed by atoms with Crippen LogP contribution < -0.4 is 10.1 Å². The predicted molar refractivity (Wildman–Crippen MR) is 156 cm³/mol. The highest BCUT2D eigenvalue weighted by Gasteiger charge is 2.37. The van der Waals surface area contributed by atoms with E-state index < -0.39 is 0 Å². The lowest BCUT2D eigenvalue weighted by Gasteiger charge is -2.41. The number of nitrogens with zero attached hydrogens (tertiary/aromatic N) is 3. The molecular weight excluding hydrogens is 488 g/mol. The van der Waals surface area contributed by atoms with Gasteiger partial charge in [0.1, 0.15) is 11.6 Å². The van der Waals surface area contributed by atoms with Crippen LogP contribution in [0.25, 0.3) is 0 Å². The molecule has 1 aliphatic heterocycles. The minimum Gasteiger partial charge on any atom is -0.497 e. The van der Waals surface area contributed by atoms with Crippen molar-refractivity contribution in [2.45, 2.75) is 70.3 Å². The van der Waals surface area contributed by atoms with E-state index in [1.165, 1.54) is 24.8 Å². The Morgan fingerprint density at radius 3 is 2.51 bits per heavy atom. The smallest absolute Gasteiger partial charge is 0.245 e. The number of anilines is 1. The van der Waals surface area contributed by atoms with Crippen molar-refractivity contribution < 1.29 is 14.3 Å². The quantitative estimate of drug-likeness (QED) is 0.469. The fourth-order valence-electron chi connectivity index (χ4n) is 6.53. The number of carbonyl (C=O) groups excluding carboxylic acids is 2. The number of benzene rings is 1. The van der Waals surface area contributed by atoms with E-state index in [4.69, 9.17) is 4.74 Å². The topological polar surface area (TPSA) is 74.8 Å². The van der Waals surface area contributed by atoms with E-state index in [2.05, 4.69) is 66.6 Å². The number of carbonyl (C=O) groups is 2. The summed E-state index contributed by atoms with van der Waals surface area (Å²) >= 11 is 0. The Kier molecular flexibility index (Phi) is 10.0. The van der Waals surface area contributed by atoms with Gasteiger partial charge in [0.2, 0.25) is 11.8 Å². The molecule has 2 unspecified atom stereocenters. The van der Waals surface area contributed by atoms with E-state index >= 15 is 0 Å². The SMILES string of the molecule is COc1ccnc(NC(=O)CN2CCC[C@](c3ccccc3)(N(C)C)CCCC(CC3CCC3)C(C)C2=O)c1. The summed E-state index contributed by atoms with van der Waals surface area (Å²) in [5.41, 5.74) is 1.23. The molecule has 2 heterocycles. The van der Waals surface area contributed by atoms with E-state index in [0.29, 0.717) is 24.0 Å². The van der Waals surface area contributed by atoms with Crippen molar-refractivity contribution in [1.82, 2.24) is 14.8 Å². The Labute approximate surface area is 234 Å². The van der Waals surface area contributed by atoms with Crippen molar-refractivity contribution in [1.29, 1.82) is 0 Å². The molecule has 1 aliphatic carbocycles. The maximum absolute atomic E-state index is 13.9. The molecule has 2 aliphatic rings. The Bertz CT molecular complexity index is 1090. The van der Waals surface area contributed by atoms with Gasteiger partial charge in [-0.1, -0.05) is 62.9 Å². The summed E-state index contributed by atoms with van der Waals surface area (Å²) in [6.07, 6.45) is 11.5. The molecule has 1 aromatic carbocycles. The second kappa shape index (κ2) is 13.4. The van der Waals surface area contributed by atoms with Gasteiger partial charge in [-0.2, -0.15) is 0 Å². The van der Waals surface area contributed by atoms with Crippen molar-refractivity contribution in [3.05, 3.63) is 54.2 Å². The first-order valence-electron chi connectivity index (χ1n) is 14.6. The molecule has 2 amide bonds. The van der Waals surface area contributed by atoms with Crippen LogP contribution >= 0.6 is 0 Å². The van der Waals surface area contributed by atoms with Crippen LogP contribution in [-0.2, 0) is 15.1 Å². The van der Waals surface area contributed by atoms with Crippen LogP contribution in [0, 0.1) is 17.8 Å². The summed E-state index contributed by atoms with van der Waals surface area (Å²) in [5.74, 6) is 1.89. The number of aromatic nitrogens is 1. The van der Waals surface area contributed by atoms with Crippen molar-refractivity contribution >= 4 is 17.6 Å². The minimum atomic E-state index is -0.233. The fraction of sp³-hybridized carbons (Fsp3) is 0.594. The first-order chi connectivity index (χ1) is 18.8. The normalized spacial score (nSPS) is 25.1. The number of ether oxygens (including phenoxy) is 1. The zero-order valence-electron chi connectivity index (χ0n) is 24.2. The van der Waals surface area contributed by atoms with E-state index in [-0.39, 0.29) is 29.8 Å². The Balaban J connectivity index is 1.57. The van der Waals surface area contributed by atoms with Gasteiger partial charge >= 0.3 is 0 Å². The molecule has 212 valence electrons. The molecule has 2 fully saturated rings. The van der Waals surface area contributed by atoms with Crippen LogP contribution in [0.15, 0.2) is 48.7 Å². The van der Waals surface area contributed by atoms with Crippen LogP contribution in [0.4, 0.5) is 5.82 Å². The fourth-order valence-corrected chi connectivity index (χ4v) is 6.53. The maximum atomic E-state index is 13.9. The van der Waals surface area contributed by atoms with Crippen LogP contribution in [0.1, 0.15) is 70.3 Å². The number of amides is 2. The monoisotopic (exact) mass is 534 g/mol. The van der Waals surface area contributed by atoms with Crippen LogP contribution in [0.2, 0.25) is 0 Å². The summed E-state index contributed by atoms with van der Waals surface area (Å²) in [7, 11) is 5.94. The predicted octanol–water partition coefficient (Wildman–Crippen LogP) is 5.72. The third-order valence-corrected chi connectivity index (χ3v) is 9.19. The summed E-state index contributed by atoms with van der Waals surface area (Å²) in [6, 6.07) is 14.2. The average Bonchev–Trinajstić information content (AvgIpc) is 2.93.